The van der Waals surface area contributed by atoms with Gasteiger partial charge in [-0.2, -0.15) is 9.97 Å². The summed E-state index contributed by atoms with van der Waals surface area (Å²) in [4.78, 5) is 30.8. The van der Waals surface area contributed by atoms with E-state index in [1.165, 1.54) is 12.8 Å². The standard InChI is InChI=1S/C38H45N7O3/c46-30-19-25-5-1-2-6-31(25)33(21-30)26-7-10-32-34(20-26)41-36(48-24-38-13-3-17-44(38)18-4-14-38)42-35(32)43-22-28-8-9-29(23-43)45(28)37(47)40-27-11-15-39-16-12-27/h1-2,5-7,10,19-21,27-29,39,46H,3-4,8-9,11-18,22-24H2,(H,40,47). The van der Waals surface area contributed by atoms with Crippen molar-refractivity contribution in [2.24, 2.45) is 0 Å². The first-order valence-corrected chi connectivity index (χ1v) is 18.0. The maximum atomic E-state index is 13.5. The first-order valence-electron chi connectivity index (χ1n) is 18.0. The molecule has 2 amide bonds. The molecule has 48 heavy (non-hydrogen) atoms. The Kier molecular flexibility index (Phi) is 7.53. The Labute approximate surface area is 281 Å². The molecule has 10 heteroatoms. The van der Waals surface area contributed by atoms with Crippen LogP contribution in [0.2, 0.25) is 0 Å². The van der Waals surface area contributed by atoms with Crippen molar-refractivity contribution in [1.82, 2.24) is 30.4 Å². The van der Waals surface area contributed by atoms with Crippen LogP contribution in [0.15, 0.2) is 54.6 Å². The van der Waals surface area contributed by atoms with E-state index in [1.54, 1.807) is 6.07 Å². The lowest BCUT2D eigenvalue weighted by Crippen LogP contribution is -2.60. The first kappa shape index (κ1) is 29.9. The van der Waals surface area contributed by atoms with Gasteiger partial charge in [0.15, 0.2) is 0 Å². The fraction of sp³-hybridized carbons (Fsp3) is 0.500. The lowest BCUT2D eigenvalue weighted by atomic mass is 9.95. The Bertz CT molecular complexity index is 1840. The number of amides is 2. The predicted molar refractivity (Wildman–Crippen MR) is 188 cm³/mol. The number of aromatic hydroxyl groups is 1. The van der Waals surface area contributed by atoms with Gasteiger partial charge >= 0.3 is 12.0 Å². The summed E-state index contributed by atoms with van der Waals surface area (Å²) in [5, 5.41) is 20.4. The van der Waals surface area contributed by atoms with Crippen LogP contribution in [-0.4, -0.2) is 100 Å². The van der Waals surface area contributed by atoms with Crippen molar-refractivity contribution in [3.05, 3.63) is 54.6 Å². The van der Waals surface area contributed by atoms with E-state index in [2.05, 4.69) is 49.6 Å². The van der Waals surface area contributed by atoms with Crippen LogP contribution in [0.5, 0.6) is 11.8 Å². The number of phenols is 1. The summed E-state index contributed by atoms with van der Waals surface area (Å²) >= 11 is 0. The minimum atomic E-state index is 0.0885. The smallest absolute Gasteiger partial charge is 0.319 e. The summed E-state index contributed by atoms with van der Waals surface area (Å²) < 4.78 is 6.57. The second kappa shape index (κ2) is 12.1. The third kappa shape index (κ3) is 5.29. The highest BCUT2D eigenvalue weighted by atomic mass is 16.5. The van der Waals surface area contributed by atoms with Crippen molar-refractivity contribution in [3.8, 4) is 22.9 Å². The molecule has 2 atom stereocenters. The number of carbonyl (C=O) groups excluding carboxylic acids is 1. The molecule has 9 rings (SSSR count). The summed E-state index contributed by atoms with van der Waals surface area (Å²) in [6.45, 7) is 6.28. The highest BCUT2D eigenvalue weighted by Crippen LogP contribution is 2.41. The minimum Gasteiger partial charge on any atom is -0.508 e. The zero-order valence-corrected chi connectivity index (χ0v) is 27.5. The van der Waals surface area contributed by atoms with Crippen molar-refractivity contribution < 1.29 is 14.6 Å². The molecule has 5 saturated heterocycles. The van der Waals surface area contributed by atoms with Gasteiger partial charge in [0, 0.05) is 24.5 Å². The van der Waals surface area contributed by atoms with Gasteiger partial charge in [0.05, 0.1) is 23.1 Å². The third-order valence-electron chi connectivity index (χ3n) is 11.8. The number of urea groups is 1. The van der Waals surface area contributed by atoms with Crippen molar-refractivity contribution in [1.29, 1.82) is 0 Å². The summed E-state index contributed by atoms with van der Waals surface area (Å²) in [5.41, 5.74) is 2.87. The molecule has 2 unspecified atom stereocenters. The average molecular weight is 648 g/mol. The Hall–Kier alpha value is -4.15. The first-order chi connectivity index (χ1) is 23.5. The van der Waals surface area contributed by atoms with Gasteiger partial charge in [-0.25, -0.2) is 4.79 Å². The normalized spacial score (nSPS) is 24.0. The van der Waals surface area contributed by atoms with Crippen molar-refractivity contribution >= 4 is 33.5 Å². The molecule has 0 aliphatic carbocycles. The summed E-state index contributed by atoms with van der Waals surface area (Å²) in [6, 6.07) is 19.2. The molecule has 250 valence electrons. The van der Waals surface area contributed by atoms with Gasteiger partial charge in [-0.3, -0.25) is 4.90 Å². The second-order valence-corrected chi connectivity index (χ2v) is 14.7. The number of phenolic OH excluding ortho intramolecular Hbond substituents is 1. The SMILES string of the molecule is O=C(NC1CCNCC1)N1C2CCC1CN(c1nc(OCC34CCCN3CCC4)nc3cc(-c4cc(O)cc5ccccc45)ccc13)C2. The molecule has 3 N–H and O–H groups in total. The van der Waals surface area contributed by atoms with E-state index in [-0.39, 0.29) is 35.4 Å². The second-order valence-electron chi connectivity index (χ2n) is 14.7. The molecular weight excluding hydrogens is 602 g/mol. The predicted octanol–water partition coefficient (Wildman–Crippen LogP) is 5.28. The van der Waals surface area contributed by atoms with Crippen LogP contribution in [0.4, 0.5) is 10.6 Å². The van der Waals surface area contributed by atoms with Gasteiger partial charge in [0.1, 0.15) is 18.2 Å². The number of piperidine rings is 1. The highest BCUT2D eigenvalue weighted by Gasteiger charge is 2.46. The number of carbonyl (C=O) groups is 1. The fourth-order valence-electron chi connectivity index (χ4n) is 9.38. The largest absolute Gasteiger partial charge is 0.508 e. The summed E-state index contributed by atoms with van der Waals surface area (Å²) in [6.07, 6.45) is 8.71. The number of benzene rings is 3. The molecule has 0 spiro atoms. The molecule has 0 saturated carbocycles. The van der Waals surface area contributed by atoms with E-state index < -0.39 is 0 Å². The number of anilines is 1. The van der Waals surface area contributed by atoms with E-state index in [1.807, 2.05) is 24.3 Å². The van der Waals surface area contributed by atoms with Crippen LogP contribution in [0.25, 0.3) is 32.8 Å². The van der Waals surface area contributed by atoms with Crippen LogP contribution in [0.3, 0.4) is 0 Å². The fourth-order valence-corrected chi connectivity index (χ4v) is 9.38. The van der Waals surface area contributed by atoms with E-state index in [0.29, 0.717) is 12.6 Å². The monoisotopic (exact) mass is 647 g/mol. The molecule has 0 radical (unpaired) electrons. The van der Waals surface area contributed by atoms with E-state index >= 15 is 0 Å². The molecule has 5 aliphatic rings. The van der Waals surface area contributed by atoms with Gasteiger partial charge in [-0.15, -0.1) is 0 Å². The topological polar surface area (TPSA) is 106 Å². The van der Waals surface area contributed by atoms with Gasteiger partial charge < -0.3 is 30.3 Å². The van der Waals surface area contributed by atoms with Crippen molar-refractivity contribution in [2.75, 3.05) is 50.8 Å². The number of hydrogen-bond donors (Lipinski definition) is 3. The molecule has 4 aromatic rings. The average Bonchev–Trinajstić information content (AvgIpc) is 3.77. The number of piperazine rings is 1. The van der Waals surface area contributed by atoms with Crippen LogP contribution < -0.4 is 20.3 Å². The van der Waals surface area contributed by atoms with Gasteiger partial charge in [0.2, 0.25) is 0 Å². The maximum Gasteiger partial charge on any atom is 0.319 e. The molecule has 1 aromatic heterocycles. The van der Waals surface area contributed by atoms with Crippen molar-refractivity contribution in [3.63, 3.8) is 0 Å². The van der Waals surface area contributed by atoms with Crippen LogP contribution in [0, 0.1) is 0 Å². The quantitative estimate of drug-likeness (QED) is 0.260. The van der Waals surface area contributed by atoms with Gasteiger partial charge in [-0.1, -0.05) is 30.3 Å². The number of rotatable bonds is 6. The number of nitrogens with one attached hydrogen (secondary N) is 2. The number of aromatic nitrogens is 2. The lowest BCUT2D eigenvalue weighted by Gasteiger charge is -2.42. The molecular formula is C38H45N7O3. The van der Waals surface area contributed by atoms with E-state index in [9.17, 15) is 9.90 Å². The van der Waals surface area contributed by atoms with Gasteiger partial charge in [0.25, 0.3) is 0 Å². The highest BCUT2D eigenvalue weighted by molar-refractivity contribution is 6.01. The van der Waals surface area contributed by atoms with E-state index in [0.717, 1.165) is 116 Å². The Balaban J connectivity index is 1.06. The molecule has 5 fully saturated rings. The van der Waals surface area contributed by atoms with Crippen LogP contribution >= 0.6 is 0 Å². The summed E-state index contributed by atoms with van der Waals surface area (Å²) in [7, 11) is 0. The Morgan fingerprint density at radius 2 is 1.71 bits per heavy atom. The third-order valence-corrected chi connectivity index (χ3v) is 11.8. The number of ether oxygens (including phenoxy) is 1. The van der Waals surface area contributed by atoms with Crippen molar-refractivity contribution in [2.45, 2.75) is 75.0 Å². The number of fused-ring (bicyclic) bond motifs is 5. The number of nitrogens with zero attached hydrogens (tertiary/aromatic N) is 5. The molecule has 3 aromatic carbocycles. The van der Waals surface area contributed by atoms with Crippen LogP contribution in [-0.2, 0) is 0 Å². The zero-order chi connectivity index (χ0) is 32.2. The summed E-state index contributed by atoms with van der Waals surface area (Å²) in [5.74, 6) is 1.12. The number of hydrogen-bond acceptors (Lipinski definition) is 8. The Morgan fingerprint density at radius 3 is 2.50 bits per heavy atom. The van der Waals surface area contributed by atoms with Gasteiger partial charge in [-0.05, 0) is 124 Å². The van der Waals surface area contributed by atoms with E-state index in [4.69, 9.17) is 14.7 Å². The molecule has 2 bridgehead atoms. The molecule has 6 heterocycles. The maximum absolute atomic E-state index is 13.5. The molecule has 10 nitrogen and oxygen atoms in total. The zero-order valence-electron chi connectivity index (χ0n) is 27.5. The molecule has 5 aliphatic heterocycles. The lowest BCUT2D eigenvalue weighted by molar-refractivity contribution is 0.108. The van der Waals surface area contributed by atoms with Crippen LogP contribution in [0.1, 0.15) is 51.4 Å². The minimum absolute atomic E-state index is 0.0885. The Morgan fingerprint density at radius 1 is 0.938 bits per heavy atom.